The van der Waals surface area contributed by atoms with Crippen LogP contribution in [0.25, 0.3) is 11.0 Å². The number of nitrogens with one attached hydrogen (secondary N) is 1. The first-order valence-electron chi connectivity index (χ1n) is 10.5. The number of aromatic nitrogens is 2. The van der Waals surface area contributed by atoms with Crippen LogP contribution < -0.4 is 27.0 Å². The van der Waals surface area contributed by atoms with Crippen LogP contribution in [0.3, 0.4) is 0 Å². The number of rotatable bonds is 8. The maximum Gasteiger partial charge on any atom is 0.396 e. The highest BCUT2D eigenvalue weighted by Crippen LogP contribution is 2.24. The zero-order valence-corrected chi connectivity index (χ0v) is 17.8. The smallest absolute Gasteiger partial charge is 0.396 e. The van der Waals surface area contributed by atoms with Gasteiger partial charge in [-0.25, -0.2) is 14.4 Å². The second kappa shape index (κ2) is 9.72. The van der Waals surface area contributed by atoms with E-state index in [0.717, 1.165) is 28.7 Å². The van der Waals surface area contributed by atoms with Crippen molar-refractivity contribution in [2.75, 3.05) is 13.2 Å². The van der Waals surface area contributed by atoms with E-state index in [1.807, 2.05) is 30.3 Å². The summed E-state index contributed by atoms with van der Waals surface area (Å²) in [5.74, 6) is 0.172. The predicted octanol–water partition coefficient (Wildman–Crippen LogP) is 1.50. The number of imidazole rings is 1. The minimum absolute atomic E-state index is 0.0798. The predicted molar refractivity (Wildman–Crippen MR) is 119 cm³/mol. The lowest BCUT2D eigenvalue weighted by Gasteiger charge is -2.20. The van der Waals surface area contributed by atoms with E-state index in [2.05, 4.69) is 12.2 Å². The zero-order chi connectivity index (χ0) is 23.4. The Hall–Kier alpha value is -3.89. The van der Waals surface area contributed by atoms with Gasteiger partial charge < -0.3 is 24.2 Å². The Morgan fingerprint density at radius 1 is 0.939 bits per heavy atom. The topological polar surface area (TPSA) is 128 Å². The van der Waals surface area contributed by atoms with E-state index in [-0.39, 0.29) is 36.0 Å². The summed E-state index contributed by atoms with van der Waals surface area (Å²) in [5, 5.41) is 13.8. The summed E-state index contributed by atoms with van der Waals surface area (Å²) >= 11 is 0. The van der Waals surface area contributed by atoms with Gasteiger partial charge in [0, 0.05) is 24.7 Å². The second-order valence-corrected chi connectivity index (χ2v) is 7.39. The lowest BCUT2D eigenvalue weighted by Crippen LogP contribution is -2.33. The number of fused-ring (bicyclic) bond motifs is 5. The summed E-state index contributed by atoms with van der Waals surface area (Å²) in [5.41, 5.74) is -1.35. The number of aliphatic hydroxyl groups is 1. The van der Waals surface area contributed by atoms with E-state index in [1.165, 1.54) is 6.07 Å². The fraction of sp³-hybridized carbons (Fsp3) is 0.261. The third-order valence-corrected chi connectivity index (χ3v) is 5.11. The second-order valence-electron chi connectivity index (χ2n) is 7.39. The third kappa shape index (κ3) is 4.81. The van der Waals surface area contributed by atoms with Gasteiger partial charge in [-0.3, -0.25) is 0 Å². The van der Waals surface area contributed by atoms with Gasteiger partial charge in [-0.15, -0.1) is 9.15 Å². The van der Waals surface area contributed by atoms with Crippen LogP contribution in [0.1, 0.15) is 24.9 Å². The van der Waals surface area contributed by atoms with E-state index in [9.17, 15) is 19.5 Å². The normalized spacial score (nSPS) is 13.2. The van der Waals surface area contributed by atoms with Crippen molar-refractivity contribution in [3.05, 3.63) is 97.6 Å². The summed E-state index contributed by atoms with van der Waals surface area (Å²) in [4.78, 5) is 36.4. The molecule has 2 bridgehead atoms. The van der Waals surface area contributed by atoms with E-state index in [0.29, 0.717) is 4.57 Å². The quantitative estimate of drug-likeness (QED) is 0.411. The van der Waals surface area contributed by atoms with E-state index >= 15 is 0 Å². The molecule has 4 aromatic rings. The number of hydrogen-bond donors (Lipinski definition) is 2. The molecule has 2 aromatic carbocycles. The minimum Gasteiger partial charge on any atom is -0.488 e. The maximum atomic E-state index is 12.7. The molecule has 0 spiro atoms. The van der Waals surface area contributed by atoms with Crippen LogP contribution in [0.5, 0.6) is 5.75 Å². The SMILES string of the molecule is CCC(NCC(O)COc1cccc2c1n1oc(=O)ccc(=O)on2c1=O)c1ccccc1. The number of para-hydroxylation sites is 1. The van der Waals surface area contributed by atoms with E-state index in [4.69, 9.17) is 13.8 Å². The summed E-state index contributed by atoms with van der Waals surface area (Å²) in [7, 11) is 0. The van der Waals surface area contributed by atoms with Crippen molar-refractivity contribution in [2.24, 2.45) is 0 Å². The molecule has 4 rings (SSSR count). The first-order valence-corrected chi connectivity index (χ1v) is 10.5. The fourth-order valence-corrected chi connectivity index (χ4v) is 3.53. The largest absolute Gasteiger partial charge is 0.488 e. The van der Waals surface area contributed by atoms with Crippen molar-refractivity contribution >= 4 is 11.0 Å². The lowest BCUT2D eigenvalue weighted by atomic mass is 10.0. The number of hydrogen-bond acceptors (Lipinski definition) is 8. The first kappa shape index (κ1) is 22.3. The number of aliphatic hydroxyl groups excluding tert-OH is 1. The van der Waals surface area contributed by atoms with Crippen LogP contribution in [0.4, 0.5) is 0 Å². The average molecular weight is 453 g/mol. The number of nitrogens with zero attached hydrogens (tertiary/aromatic N) is 2. The van der Waals surface area contributed by atoms with Crippen molar-refractivity contribution < 1.29 is 18.9 Å². The molecule has 0 saturated heterocycles. The summed E-state index contributed by atoms with van der Waals surface area (Å²) in [6.45, 7) is 2.23. The van der Waals surface area contributed by atoms with Gasteiger partial charge in [0.15, 0.2) is 5.52 Å². The van der Waals surface area contributed by atoms with E-state index < -0.39 is 23.0 Å². The maximum absolute atomic E-state index is 12.7. The summed E-state index contributed by atoms with van der Waals surface area (Å²) in [6, 6.07) is 16.4. The van der Waals surface area contributed by atoms with E-state index in [1.54, 1.807) is 12.1 Å². The Bertz CT molecular complexity index is 1450. The Labute approximate surface area is 186 Å². The highest BCUT2D eigenvalue weighted by molar-refractivity contribution is 5.81. The molecule has 0 aliphatic rings. The molecule has 2 atom stereocenters. The number of benzene rings is 2. The first-order chi connectivity index (χ1) is 16.0. The highest BCUT2D eigenvalue weighted by Gasteiger charge is 2.18. The monoisotopic (exact) mass is 453 g/mol. The molecule has 0 amide bonds. The molecule has 33 heavy (non-hydrogen) atoms. The molecule has 0 saturated carbocycles. The lowest BCUT2D eigenvalue weighted by molar-refractivity contribution is 0.104. The molecule has 0 aliphatic carbocycles. The molecule has 10 nitrogen and oxygen atoms in total. The van der Waals surface area contributed by atoms with Crippen LogP contribution in [0, 0.1) is 0 Å². The minimum atomic E-state index is -0.930. The van der Waals surface area contributed by atoms with Crippen LogP contribution in [-0.2, 0) is 0 Å². The standard InChI is InChI=1S/C23H23N3O7/c1-2-17(15-7-4-3-5-8-15)24-13-16(27)14-31-19-10-6-9-18-22(19)26-23(30)25(18)32-20(28)11-12-21(29)33-26/h3-12,16-17,24,27H,2,13-14H2,1H3. The van der Waals surface area contributed by atoms with Crippen molar-refractivity contribution in [1.82, 2.24) is 14.5 Å². The van der Waals surface area contributed by atoms with Gasteiger partial charge in [0.25, 0.3) is 0 Å². The van der Waals surface area contributed by atoms with Crippen LogP contribution in [-0.4, -0.2) is 33.5 Å². The molecule has 2 unspecified atom stereocenters. The van der Waals surface area contributed by atoms with Crippen molar-refractivity contribution in [1.29, 1.82) is 0 Å². The Morgan fingerprint density at radius 3 is 2.33 bits per heavy atom. The zero-order valence-electron chi connectivity index (χ0n) is 17.8. The Morgan fingerprint density at radius 2 is 1.64 bits per heavy atom. The molecule has 0 aliphatic heterocycles. The molecule has 0 radical (unpaired) electrons. The van der Waals surface area contributed by atoms with Gasteiger partial charge in [-0.05, 0) is 24.1 Å². The van der Waals surface area contributed by atoms with Gasteiger partial charge in [0.05, 0.1) is 0 Å². The molecule has 2 aromatic heterocycles. The van der Waals surface area contributed by atoms with Gasteiger partial charge in [0.1, 0.15) is 24.0 Å². The Kier molecular flexibility index (Phi) is 6.57. The Balaban J connectivity index is 1.58. The van der Waals surface area contributed by atoms with Crippen molar-refractivity contribution in [3.8, 4) is 5.75 Å². The van der Waals surface area contributed by atoms with Crippen LogP contribution in [0.2, 0.25) is 0 Å². The van der Waals surface area contributed by atoms with Crippen LogP contribution in [0.15, 0.2) is 84.1 Å². The number of ether oxygens (including phenoxy) is 1. The molecule has 2 heterocycles. The van der Waals surface area contributed by atoms with Gasteiger partial charge in [-0.2, -0.15) is 0 Å². The summed E-state index contributed by atoms with van der Waals surface area (Å²) < 4.78 is 17.3. The molecule has 10 heteroatoms. The molecule has 2 N–H and O–H groups in total. The van der Waals surface area contributed by atoms with Crippen molar-refractivity contribution in [3.63, 3.8) is 0 Å². The molecule has 0 fully saturated rings. The van der Waals surface area contributed by atoms with Crippen LogP contribution >= 0.6 is 0 Å². The van der Waals surface area contributed by atoms with Gasteiger partial charge in [0.2, 0.25) is 0 Å². The third-order valence-electron chi connectivity index (χ3n) is 5.11. The average Bonchev–Trinajstić information content (AvgIpc) is 3.10. The molecule has 172 valence electrons. The van der Waals surface area contributed by atoms with Crippen molar-refractivity contribution in [2.45, 2.75) is 25.5 Å². The highest BCUT2D eigenvalue weighted by atomic mass is 16.5. The molecular weight excluding hydrogens is 430 g/mol. The summed E-state index contributed by atoms with van der Waals surface area (Å²) in [6.07, 6.45) is -0.0163. The van der Waals surface area contributed by atoms with Gasteiger partial charge >= 0.3 is 16.9 Å². The van der Waals surface area contributed by atoms with Gasteiger partial charge in [-0.1, -0.05) is 43.3 Å². The molecular formula is C23H23N3O7. The fourth-order valence-electron chi connectivity index (χ4n) is 3.53.